The predicted molar refractivity (Wildman–Crippen MR) is 126 cm³/mol. The number of amides is 2. The molecule has 168 valence electrons. The highest BCUT2D eigenvalue weighted by molar-refractivity contribution is 7.89. The van der Waals surface area contributed by atoms with Crippen LogP contribution in [-0.2, 0) is 26.0 Å². The fourth-order valence-electron chi connectivity index (χ4n) is 3.96. The Labute approximate surface area is 190 Å². The molecule has 4 rings (SSSR count). The van der Waals surface area contributed by atoms with Crippen LogP contribution in [0, 0.1) is 6.92 Å². The number of fused-ring (bicyclic) bond motifs is 2. The zero-order chi connectivity index (χ0) is 23.2. The molecule has 0 saturated carbocycles. The average Bonchev–Trinajstić information content (AvgIpc) is 3.25. The zero-order valence-electron chi connectivity index (χ0n) is 18.2. The molecule has 3 aromatic rings. The first-order chi connectivity index (χ1) is 15.1. The number of thiazole rings is 1. The summed E-state index contributed by atoms with van der Waals surface area (Å²) in [5, 5.41) is 3.12. The Bertz CT molecular complexity index is 1330. The molecule has 1 aromatic heterocycles. The molecule has 0 spiro atoms. The molecule has 0 radical (unpaired) electrons. The van der Waals surface area contributed by atoms with Crippen LogP contribution in [0.2, 0.25) is 0 Å². The summed E-state index contributed by atoms with van der Waals surface area (Å²) in [4.78, 5) is 30.5. The molecule has 0 saturated heterocycles. The number of hydrogen-bond acceptors (Lipinski definition) is 6. The van der Waals surface area contributed by atoms with Crippen LogP contribution in [0.25, 0.3) is 10.2 Å². The van der Waals surface area contributed by atoms with Crippen LogP contribution in [0.15, 0.2) is 41.3 Å². The smallest absolute Gasteiger partial charge is 0.243 e. The number of carbonyl (C=O) groups is 2. The molecule has 8 nitrogen and oxygen atoms in total. The quantitative estimate of drug-likeness (QED) is 0.615. The van der Waals surface area contributed by atoms with Gasteiger partial charge in [-0.3, -0.25) is 9.59 Å². The van der Waals surface area contributed by atoms with Crippen LogP contribution < -0.4 is 10.2 Å². The molecule has 32 heavy (non-hydrogen) atoms. The molecule has 0 aliphatic carbocycles. The van der Waals surface area contributed by atoms with Gasteiger partial charge in [0.1, 0.15) is 0 Å². The second-order valence-electron chi connectivity index (χ2n) is 8.03. The minimum Gasteiger partial charge on any atom is -0.309 e. The van der Waals surface area contributed by atoms with Crippen molar-refractivity contribution in [3.8, 4) is 0 Å². The third-order valence-electron chi connectivity index (χ3n) is 5.47. The standard InChI is InChI=1S/C22H24N4O4S2/c1-13-5-7-18-20(9-13)31-22(23-18)24-21(28)12-25(4)32(29,30)17-6-8-19-16(11-17)10-14(2)26(19)15(3)27/h5-9,11,14H,10,12H2,1-4H3,(H,23,24,28)/t14-/m0/s1. The molecule has 0 unspecified atom stereocenters. The van der Waals surface area contributed by atoms with E-state index in [1.165, 1.54) is 31.4 Å². The van der Waals surface area contributed by atoms with Gasteiger partial charge in [0.2, 0.25) is 21.8 Å². The summed E-state index contributed by atoms with van der Waals surface area (Å²) >= 11 is 1.34. The Hall–Kier alpha value is -2.82. The normalized spacial score (nSPS) is 15.9. The predicted octanol–water partition coefficient (Wildman–Crippen LogP) is 3.16. The van der Waals surface area contributed by atoms with Gasteiger partial charge in [-0.05, 0) is 61.7 Å². The highest BCUT2D eigenvalue weighted by Gasteiger charge is 2.31. The first-order valence-corrected chi connectivity index (χ1v) is 12.4. The Morgan fingerprint density at radius 1 is 1.25 bits per heavy atom. The summed E-state index contributed by atoms with van der Waals surface area (Å²) in [5.74, 6) is -0.546. The Morgan fingerprint density at radius 2 is 2.00 bits per heavy atom. The molecule has 1 aliphatic heterocycles. The molecule has 1 atom stereocenters. The molecular formula is C22H24N4O4S2. The van der Waals surface area contributed by atoms with Crippen LogP contribution in [0.5, 0.6) is 0 Å². The second-order valence-corrected chi connectivity index (χ2v) is 11.1. The number of sulfonamides is 1. The van der Waals surface area contributed by atoms with Gasteiger partial charge in [0.15, 0.2) is 5.13 Å². The number of rotatable bonds is 5. The zero-order valence-corrected chi connectivity index (χ0v) is 19.9. The lowest BCUT2D eigenvalue weighted by molar-refractivity contribution is -0.117. The van der Waals surface area contributed by atoms with Crippen molar-refractivity contribution in [3.63, 3.8) is 0 Å². The van der Waals surface area contributed by atoms with Gasteiger partial charge < -0.3 is 10.2 Å². The van der Waals surface area contributed by atoms with Crippen molar-refractivity contribution < 1.29 is 18.0 Å². The molecule has 2 aromatic carbocycles. The Balaban J connectivity index is 1.48. The van der Waals surface area contributed by atoms with Crippen LogP contribution in [0.3, 0.4) is 0 Å². The van der Waals surface area contributed by atoms with E-state index in [0.717, 1.165) is 31.3 Å². The molecular weight excluding hydrogens is 448 g/mol. The van der Waals surface area contributed by atoms with E-state index in [0.29, 0.717) is 11.6 Å². The SMILES string of the molecule is CC(=O)N1c2ccc(S(=O)(=O)N(C)CC(=O)Nc3nc4ccc(C)cc4s3)cc2C[C@@H]1C. The largest absolute Gasteiger partial charge is 0.309 e. The van der Waals surface area contributed by atoms with E-state index in [1.807, 2.05) is 32.0 Å². The van der Waals surface area contributed by atoms with E-state index < -0.39 is 15.9 Å². The third kappa shape index (κ3) is 4.13. The molecule has 2 heterocycles. The fraction of sp³-hybridized carbons (Fsp3) is 0.318. The Kier molecular flexibility index (Phi) is 5.78. The minimum atomic E-state index is -3.88. The van der Waals surface area contributed by atoms with E-state index in [4.69, 9.17) is 0 Å². The van der Waals surface area contributed by atoms with Gasteiger partial charge in [-0.15, -0.1) is 0 Å². The highest BCUT2D eigenvalue weighted by Crippen LogP contribution is 2.34. The highest BCUT2D eigenvalue weighted by atomic mass is 32.2. The van der Waals surface area contributed by atoms with Gasteiger partial charge >= 0.3 is 0 Å². The monoisotopic (exact) mass is 472 g/mol. The average molecular weight is 473 g/mol. The number of nitrogens with one attached hydrogen (secondary N) is 1. The van der Waals surface area contributed by atoms with E-state index in [-0.39, 0.29) is 23.4 Å². The van der Waals surface area contributed by atoms with E-state index >= 15 is 0 Å². The van der Waals surface area contributed by atoms with Crippen LogP contribution in [0.4, 0.5) is 10.8 Å². The summed E-state index contributed by atoms with van der Waals surface area (Å²) in [6.45, 7) is 5.06. The van der Waals surface area contributed by atoms with E-state index in [1.54, 1.807) is 17.0 Å². The van der Waals surface area contributed by atoms with Gasteiger partial charge in [-0.2, -0.15) is 4.31 Å². The van der Waals surface area contributed by atoms with Gasteiger partial charge in [0.25, 0.3) is 0 Å². The first-order valence-electron chi connectivity index (χ1n) is 10.1. The van der Waals surface area contributed by atoms with Crippen molar-refractivity contribution >= 4 is 54.2 Å². The van der Waals surface area contributed by atoms with Crippen molar-refractivity contribution in [2.45, 2.75) is 38.1 Å². The van der Waals surface area contributed by atoms with Gasteiger partial charge in [-0.1, -0.05) is 17.4 Å². The second kappa shape index (κ2) is 8.27. The number of anilines is 2. The Morgan fingerprint density at radius 3 is 2.72 bits per heavy atom. The van der Waals surface area contributed by atoms with Gasteiger partial charge in [0.05, 0.1) is 21.7 Å². The summed E-state index contributed by atoms with van der Waals surface area (Å²) in [6.07, 6.45) is 0.583. The van der Waals surface area contributed by atoms with Crippen molar-refractivity contribution in [3.05, 3.63) is 47.5 Å². The van der Waals surface area contributed by atoms with Crippen molar-refractivity contribution in [2.75, 3.05) is 23.8 Å². The number of benzene rings is 2. The van der Waals surface area contributed by atoms with Crippen LogP contribution >= 0.6 is 11.3 Å². The maximum atomic E-state index is 13.0. The lowest BCUT2D eigenvalue weighted by Crippen LogP contribution is -2.35. The molecule has 1 N–H and O–H groups in total. The topological polar surface area (TPSA) is 99.7 Å². The van der Waals surface area contributed by atoms with Crippen LogP contribution in [0.1, 0.15) is 25.0 Å². The van der Waals surface area contributed by atoms with Gasteiger partial charge in [-0.25, -0.2) is 13.4 Å². The maximum Gasteiger partial charge on any atom is 0.243 e. The number of aryl methyl sites for hydroxylation is 1. The summed E-state index contributed by atoms with van der Waals surface area (Å²) in [7, 11) is -2.51. The van der Waals surface area contributed by atoms with E-state index in [2.05, 4.69) is 10.3 Å². The number of nitrogens with zero attached hydrogens (tertiary/aromatic N) is 3. The van der Waals surface area contributed by atoms with Crippen molar-refractivity contribution in [1.82, 2.24) is 9.29 Å². The van der Waals surface area contributed by atoms with E-state index in [9.17, 15) is 18.0 Å². The number of aromatic nitrogens is 1. The first kappa shape index (κ1) is 22.4. The van der Waals surface area contributed by atoms with Crippen molar-refractivity contribution in [1.29, 1.82) is 0 Å². The molecule has 10 heteroatoms. The summed E-state index contributed by atoms with van der Waals surface area (Å²) < 4.78 is 28.1. The van der Waals surface area contributed by atoms with Crippen LogP contribution in [-0.4, -0.2) is 49.2 Å². The molecule has 0 bridgehead atoms. The minimum absolute atomic E-state index is 0.0263. The lowest BCUT2D eigenvalue weighted by atomic mass is 10.1. The summed E-state index contributed by atoms with van der Waals surface area (Å²) in [5.41, 5.74) is 3.41. The maximum absolute atomic E-state index is 13.0. The number of likely N-dealkylation sites (N-methyl/N-ethyl adjacent to an activating group) is 1. The molecule has 2 amide bonds. The molecule has 1 aliphatic rings. The van der Waals surface area contributed by atoms with Gasteiger partial charge in [0, 0.05) is 25.7 Å². The lowest BCUT2D eigenvalue weighted by Gasteiger charge is -2.21. The summed E-state index contributed by atoms with van der Waals surface area (Å²) in [6, 6.07) is 10.5. The third-order valence-corrected chi connectivity index (χ3v) is 8.20. The number of hydrogen-bond donors (Lipinski definition) is 1. The molecule has 0 fully saturated rings. The number of carbonyl (C=O) groups excluding carboxylic acids is 2. The fourth-order valence-corrected chi connectivity index (χ4v) is 6.12. The van der Waals surface area contributed by atoms with Crippen molar-refractivity contribution in [2.24, 2.45) is 0 Å².